The van der Waals surface area contributed by atoms with Gasteiger partial charge in [-0.2, -0.15) is 0 Å². The monoisotopic (exact) mass is 437 g/mol. The van der Waals surface area contributed by atoms with E-state index in [1.165, 1.54) is 24.9 Å². The van der Waals surface area contributed by atoms with Gasteiger partial charge in [0.2, 0.25) is 0 Å². The Morgan fingerprint density at radius 1 is 1.06 bits per heavy atom. The molecule has 1 N–H and O–H groups in total. The standard InChI is InChI=1S/C24H23NO5S/c1-4-29-23-15(2)22(9-8-21(23)16(3)26)30-14-17-6-5-7-19(10-17)31-20-11-18(24(27)28)12-25-13-20/h5-13H,4,14H2,1-3H3,(H,27,28). The minimum atomic E-state index is -1.00. The second-order valence-electron chi connectivity index (χ2n) is 6.81. The average Bonchev–Trinajstić information content (AvgIpc) is 2.74. The molecular formula is C24H23NO5S. The number of rotatable bonds is 9. The molecule has 7 heteroatoms. The third-order valence-corrected chi connectivity index (χ3v) is 5.46. The number of carbonyl (C=O) groups excluding carboxylic acids is 1. The smallest absolute Gasteiger partial charge is 0.337 e. The van der Waals surface area contributed by atoms with E-state index in [0.717, 1.165) is 20.9 Å². The molecule has 31 heavy (non-hydrogen) atoms. The highest BCUT2D eigenvalue weighted by atomic mass is 32.2. The van der Waals surface area contributed by atoms with Crippen LogP contribution < -0.4 is 9.47 Å². The van der Waals surface area contributed by atoms with Gasteiger partial charge in [0.25, 0.3) is 0 Å². The SMILES string of the molecule is CCOc1c(C(C)=O)ccc(OCc2cccc(Sc3cncc(C(=O)O)c3)c2)c1C. The maximum atomic E-state index is 11.9. The van der Waals surface area contributed by atoms with Crippen LogP contribution in [0, 0.1) is 6.92 Å². The zero-order valence-electron chi connectivity index (χ0n) is 17.5. The summed E-state index contributed by atoms with van der Waals surface area (Å²) in [5, 5.41) is 9.13. The van der Waals surface area contributed by atoms with Gasteiger partial charge in [-0.1, -0.05) is 23.9 Å². The number of carbonyl (C=O) groups is 2. The number of hydrogen-bond donors (Lipinski definition) is 1. The molecule has 0 amide bonds. The summed E-state index contributed by atoms with van der Waals surface area (Å²) < 4.78 is 11.7. The molecule has 0 atom stereocenters. The summed E-state index contributed by atoms with van der Waals surface area (Å²) in [6.07, 6.45) is 2.96. The van der Waals surface area contributed by atoms with Gasteiger partial charge in [-0.3, -0.25) is 9.78 Å². The summed E-state index contributed by atoms with van der Waals surface area (Å²) in [4.78, 5) is 28.7. The molecule has 0 spiro atoms. The first kappa shape index (κ1) is 22.4. The summed E-state index contributed by atoms with van der Waals surface area (Å²) in [5.74, 6) is 0.159. The van der Waals surface area contributed by atoms with Crippen LogP contribution in [0.4, 0.5) is 0 Å². The first-order chi connectivity index (χ1) is 14.9. The van der Waals surface area contributed by atoms with Gasteiger partial charge < -0.3 is 14.6 Å². The summed E-state index contributed by atoms with van der Waals surface area (Å²) >= 11 is 1.43. The fraction of sp³-hybridized carbons (Fsp3) is 0.208. The highest BCUT2D eigenvalue weighted by molar-refractivity contribution is 7.99. The van der Waals surface area contributed by atoms with Gasteiger partial charge in [0.15, 0.2) is 5.78 Å². The third-order valence-electron chi connectivity index (χ3n) is 4.51. The number of ketones is 1. The van der Waals surface area contributed by atoms with Crippen molar-refractivity contribution in [3.8, 4) is 11.5 Å². The first-order valence-electron chi connectivity index (χ1n) is 9.74. The van der Waals surface area contributed by atoms with Crippen molar-refractivity contribution in [2.45, 2.75) is 37.2 Å². The van der Waals surface area contributed by atoms with E-state index in [4.69, 9.17) is 14.6 Å². The Kier molecular flexibility index (Phi) is 7.31. The number of benzene rings is 2. The van der Waals surface area contributed by atoms with Gasteiger partial charge in [-0.05, 0) is 56.7 Å². The number of aromatic nitrogens is 1. The van der Waals surface area contributed by atoms with Crippen LogP contribution in [0.15, 0.2) is 64.6 Å². The van der Waals surface area contributed by atoms with Crippen LogP contribution in [0.1, 0.15) is 45.7 Å². The van der Waals surface area contributed by atoms with Gasteiger partial charge in [0.1, 0.15) is 18.1 Å². The average molecular weight is 438 g/mol. The topological polar surface area (TPSA) is 85.7 Å². The maximum absolute atomic E-state index is 11.9. The Balaban J connectivity index is 1.75. The van der Waals surface area contributed by atoms with Crippen LogP contribution in [-0.2, 0) is 6.61 Å². The molecule has 0 saturated carbocycles. The number of hydrogen-bond acceptors (Lipinski definition) is 6. The zero-order chi connectivity index (χ0) is 22.4. The number of carboxylic acid groups (broad SMARTS) is 1. The zero-order valence-corrected chi connectivity index (χ0v) is 18.4. The van der Waals surface area contributed by atoms with Gasteiger partial charge in [0, 0.05) is 27.7 Å². The fourth-order valence-electron chi connectivity index (χ4n) is 3.03. The van der Waals surface area contributed by atoms with Crippen LogP contribution in [0.2, 0.25) is 0 Å². The lowest BCUT2D eigenvalue weighted by atomic mass is 10.1. The van der Waals surface area contributed by atoms with Gasteiger partial charge in [-0.25, -0.2) is 4.79 Å². The van der Waals surface area contributed by atoms with E-state index in [1.807, 2.05) is 38.1 Å². The summed E-state index contributed by atoms with van der Waals surface area (Å²) in [7, 11) is 0. The third kappa shape index (κ3) is 5.64. The van der Waals surface area contributed by atoms with E-state index >= 15 is 0 Å². The lowest BCUT2D eigenvalue weighted by Gasteiger charge is -2.16. The molecular weight excluding hydrogens is 414 g/mol. The molecule has 0 fully saturated rings. The molecule has 3 aromatic rings. The van der Waals surface area contributed by atoms with Crippen LogP contribution in [0.5, 0.6) is 11.5 Å². The lowest BCUT2D eigenvalue weighted by Crippen LogP contribution is -2.05. The van der Waals surface area contributed by atoms with E-state index in [-0.39, 0.29) is 11.3 Å². The lowest BCUT2D eigenvalue weighted by molar-refractivity contribution is 0.0696. The second-order valence-corrected chi connectivity index (χ2v) is 7.95. The molecule has 0 saturated heterocycles. The molecule has 0 unspecified atom stereocenters. The van der Waals surface area contributed by atoms with Crippen molar-refractivity contribution in [1.29, 1.82) is 0 Å². The van der Waals surface area contributed by atoms with E-state index in [2.05, 4.69) is 4.98 Å². The van der Waals surface area contributed by atoms with Crippen LogP contribution in [0.25, 0.3) is 0 Å². The van der Waals surface area contributed by atoms with Crippen LogP contribution in [-0.4, -0.2) is 28.4 Å². The molecule has 0 radical (unpaired) electrons. The van der Waals surface area contributed by atoms with Crippen molar-refractivity contribution in [3.05, 3.63) is 77.1 Å². The Hall–Kier alpha value is -3.32. The summed E-state index contributed by atoms with van der Waals surface area (Å²) in [6, 6.07) is 12.9. The number of Topliss-reactive ketones (excluding diaryl/α,β-unsaturated/α-hetero) is 1. The molecule has 1 aromatic heterocycles. The molecule has 0 aliphatic heterocycles. The van der Waals surface area contributed by atoms with Crippen LogP contribution in [0.3, 0.4) is 0 Å². The van der Waals surface area contributed by atoms with Gasteiger partial charge >= 0.3 is 5.97 Å². The van der Waals surface area contributed by atoms with Gasteiger partial charge in [-0.15, -0.1) is 0 Å². The second kappa shape index (κ2) is 10.1. The molecule has 0 aliphatic rings. The highest BCUT2D eigenvalue weighted by Gasteiger charge is 2.15. The molecule has 2 aromatic carbocycles. The number of aromatic carboxylic acids is 1. The quantitative estimate of drug-likeness (QED) is 0.447. The Morgan fingerprint density at radius 2 is 1.87 bits per heavy atom. The Bertz CT molecular complexity index is 1110. The molecule has 1 heterocycles. The first-order valence-corrected chi connectivity index (χ1v) is 10.6. The van der Waals surface area contributed by atoms with E-state index in [0.29, 0.717) is 30.3 Å². The van der Waals surface area contributed by atoms with Crippen molar-refractivity contribution in [2.24, 2.45) is 0 Å². The minimum absolute atomic E-state index is 0.0516. The van der Waals surface area contributed by atoms with Crippen molar-refractivity contribution in [2.75, 3.05) is 6.61 Å². The highest BCUT2D eigenvalue weighted by Crippen LogP contribution is 2.33. The minimum Gasteiger partial charge on any atom is -0.493 e. The molecule has 0 aliphatic carbocycles. The summed E-state index contributed by atoms with van der Waals surface area (Å²) in [5.41, 5.74) is 2.44. The van der Waals surface area contributed by atoms with E-state index in [1.54, 1.807) is 24.4 Å². The molecule has 160 valence electrons. The largest absolute Gasteiger partial charge is 0.493 e. The maximum Gasteiger partial charge on any atom is 0.337 e. The van der Waals surface area contributed by atoms with Crippen molar-refractivity contribution in [1.82, 2.24) is 4.98 Å². The number of nitrogens with zero attached hydrogens (tertiary/aromatic N) is 1. The fourth-order valence-corrected chi connectivity index (χ4v) is 3.95. The van der Waals surface area contributed by atoms with E-state index < -0.39 is 5.97 Å². The molecule has 0 bridgehead atoms. The number of carboxylic acids is 1. The Morgan fingerprint density at radius 3 is 2.58 bits per heavy atom. The molecule has 3 rings (SSSR count). The van der Waals surface area contributed by atoms with Crippen molar-refractivity contribution >= 4 is 23.5 Å². The predicted molar refractivity (Wildman–Crippen MR) is 118 cm³/mol. The number of pyridine rings is 1. The van der Waals surface area contributed by atoms with Crippen LogP contribution >= 0.6 is 11.8 Å². The number of ether oxygens (including phenoxy) is 2. The normalized spacial score (nSPS) is 10.5. The van der Waals surface area contributed by atoms with Crippen molar-refractivity contribution in [3.63, 3.8) is 0 Å². The Labute approximate surface area is 185 Å². The van der Waals surface area contributed by atoms with Gasteiger partial charge in [0.05, 0.1) is 17.7 Å². The van der Waals surface area contributed by atoms with Crippen molar-refractivity contribution < 1.29 is 24.2 Å². The predicted octanol–water partition coefficient (Wildman–Crippen LogP) is 5.42. The summed E-state index contributed by atoms with van der Waals surface area (Å²) in [6.45, 7) is 6.07. The van der Waals surface area contributed by atoms with E-state index in [9.17, 15) is 9.59 Å². The molecule has 6 nitrogen and oxygen atoms in total.